The van der Waals surface area contributed by atoms with E-state index in [1.165, 1.54) is 0 Å². The maximum Gasteiger partial charge on any atom is 0.221 e. The van der Waals surface area contributed by atoms with Crippen LogP contribution < -0.4 is 0 Å². The number of hydrogen-bond acceptors (Lipinski definition) is 5. The number of hydrogen-bond donors (Lipinski definition) is 0. The van der Waals surface area contributed by atoms with Crippen LogP contribution in [0.1, 0.15) is 22.3 Å². The lowest BCUT2D eigenvalue weighted by Crippen LogP contribution is -2.57. The van der Waals surface area contributed by atoms with E-state index in [4.69, 9.17) is 18.9 Å². The smallest absolute Gasteiger partial charge is 0.221 e. The standard InChI is InChI=1S/C34H35NO5/c36-35-21-32(38-23-28-15-7-2-8-16-28)34(40-25-30-19-11-4-12-20-30)33(39-24-29-17-9-3-10-18-29)31(35)26-37-22-27-13-5-1-6-14-27/h1-20,32-34H,21-26H2/t32-,33+,34+/m0/s1. The molecule has 0 spiro atoms. The highest BCUT2D eigenvalue weighted by Crippen LogP contribution is 2.24. The minimum absolute atomic E-state index is 0.127. The Balaban J connectivity index is 1.38. The van der Waals surface area contributed by atoms with E-state index in [-0.39, 0.29) is 13.2 Å². The molecule has 4 aromatic rings. The number of rotatable bonds is 13. The molecule has 0 aromatic heterocycles. The first-order valence-electron chi connectivity index (χ1n) is 13.6. The Bertz CT molecular complexity index is 1320. The molecule has 0 N–H and O–H groups in total. The lowest BCUT2D eigenvalue weighted by molar-refractivity contribution is -0.490. The molecule has 0 fully saturated rings. The fraction of sp³-hybridized carbons (Fsp3) is 0.265. The molecule has 6 heteroatoms. The fourth-order valence-electron chi connectivity index (χ4n) is 4.75. The Morgan fingerprint density at radius 2 is 0.950 bits per heavy atom. The molecular formula is C34H35NO5. The first-order valence-corrected chi connectivity index (χ1v) is 13.6. The predicted octanol–water partition coefficient (Wildman–Crippen LogP) is 5.92. The number of benzene rings is 4. The molecule has 206 valence electrons. The minimum atomic E-state index is -0.647. The van der Waals surface area contributed by atoms with E-state index < -0.39 is 18.3 Å². The van der Waals surface area contributed by atoms with Crippen LogP contribution in [0.3, 0.4) is 0 Å². The lowest BCUT2D eigenvalue weighted by Gasteiger charge is -2.36. The summed E-state index contributed by atoms with van der Waals surface area (Å²) in [5.41, 5.74) is 4.63. The van der Waals surface area contributed by atoms with Crippen molar-refractivity contribution in [2.75, 3.05) is 13.2 Å². The fourth-order valence-corrected chi connectivity index (χ4v) is 4.75. The maximum absolute atomic E-state index is 13.5. The minimum Gasteiger partial charge on any atom is -0.624 e. The molecule has 1 heterocycles. The van der Waals surface area contributed by atoms with Gasteiger partial charge < -0.3 is 24.2 Å². The first-order chi connectivity index (χ1) is 19.8. The van der Waals surface area contributed by atoms with Gasteiger partial charge in [0, 0.05) is 0 Å². The van der Waals surface area contributed by atoms with E-state index in [9.17, 15) is 5.21 Å². The van der Waals surface area contributed by atoms with Crippen LogP contribution in [-0.4, -0.2) is 41.9 Å². The van der Waals surface area contributed by atoms with Crippen molar-refractivity contribution in [1.82, 2.24) is 0 Å². The van der Waals surface area contributed by atoms with Gasteiger partial charge in [-0.1, -0.05) is 121 Å². The van der Waals surface area contributed by atoms with E-state index in [0.29, 0.717) is 32.1 Å². The quantitative estimate of drug-likeness (QED) is 0.156. The molecule has 0 unspecified atom stereocenters. The second kappa shape index (κ2) is 14.5. The molecule has 40 heavy (non-hydrogen) atoms. The summed E-state index contributed by atoms with van der Waals surface area (Å²) in [6, 6.07) is 39.8. The molecule has 0 saturated carbocycles. The van der Waals surface area contributed by atoms with Gasteiger partial charge in [0.05, 0.1) is 26.4 Å². The van der Waals surface area contributed by atoms with Gasteiger partial charge in [-0.25, -0.2) is 4.74 Å². The molecule has 3 atom stereocenters. The van der Waals surface area contributed by atoms with E-state index in [0.717, 1.165) is 27.0 Å². The third-order valence-corrected chi connectivity index (χ3v) is 6.89. The zero-order valence-electron chi connectivity index (χ0n) is 22.5. The van der Waals surface area contributed by atoms with Crippen LogP contribution in [0.15, 0.2) is 121 Å². The van der Waals surface area contributed by atoms with Gasteiger partial charge >= 0.3 is 0 Å². The Morgan fingerprint density at radius 3 is 1.45 bits per heavy atom. The summed E-state index contributed by atoms with van der Waals surface area (Å²) >= 11 is 0. The summed E-state index contributed by atoms with van der Waals surface area (Å²) in [6.45, 7) is 1.73. The van der Waals surface area contributed by atoms with Crippen molar-refractivity contribution < 1.29 is 23.7 Å². The molecule has 0 amide bonds. The van der Waals surface area contributed by atoms with Crippen LogP contribution in [0, 0.1) is 5.21 Å². The van der Waals surface area contributed by atoms with Gasteiger partial charge in [-0.05, 0) is 22.3 Å². The summed E-state index contributed by atoms with van der Waals surface area (Å²) in [5.74, 6) is 0. The zero-order valence-corrected chi connectivity index (χ0v) is 22.5. The second-order valence-electron chi connectivity index (χ2n) is 9.84. The van der Waals surface area contributed by atoms with Crippen molar-refractivity contribution in [3.63, 3.8) is 0 Å². The van der Waals surface area contributed by atoms with Gasteiger partial charge in [0.1, 0.15) is 18.8 Å². The van der Waals surface area contributed by atoms with Crippen LogP contribution in [0.25, 0.3) is 0 Å². The topological polar surface area (TPSA) is 63.0 Å². The number of nitrogens with zero attached hydrogens (tertiary/aromatic N) is 1. The Hall–Kier alpha value is -3.81. The normalized spacial score (nSPS) is 19.1. The van der Waals surface area contributed by atoms with Crippen molar-refractivity contribution in [3.8, 4) is 0 Å². The Kier molecular flexibility index (Phi) is 10.1. The molecular weight excluding hydrogens is 502 g/mol. The number of ether oxygens (including phenoxy) is 4. The molecule has 0 radical (unpaired) electrons. The van der Waals surface area contributed by atoms with Crippen LogP contribution >= 0.6 is 0 Å². The van der Waals surface area contributed by atoms with Gasteiger partial charge in [0.25, 0.3) is 0 Å². The largest absolute Gasteiger partial charge is 0.624 e. The van der Waals surface area contributed by atoms with Crippen LogP contribution in [0.4, 0.5) is 0 Å². The van der Waals surface area contributed by atoms with Crippen LogP contribution in [-0.2, 0) is 45.4 Å². The third kappa shape index (κ3) is 7.87. The molecule has 1 aliphatic heterocycles. The molecule has 4 aromatic carbocycles. The SMILES string of the molecule is [O-][N+]1=C(COCc2ccccc2)[C@@H](OCc2ccccc2)[C@H](OCc2ccccc2)[C@@H](OCc2ccccc2)C1. The van der Waals surface area contributed by atoms with Gasteiger partial charge in [0.15, 0.2) is 12.6 Å². The van der Waals surface area contributed by atoms with E-state index >= 15 is 0 Å². The predicted molar refractivity (Wildman–Crippen MR) is 155 cm³/mol. The van der Waals surface area contributed by atoms with Crippen molar-refractivity contribution in [1.29, 1.82) is 0 Å². The molecule has 0 bridgehead atoms. The van der Waals surface area contributed by atoms with Crippen molar-refractivity contribution >= 4 is 5.71 Å². The summed E-state index contributed by atoms with van der Waals surface area (Å²) in [7, 11) is 0. The van der Waals surface area contributed by atoms with Crippen molar-refractivity contribution in [2.24, 2.45) is 0 Å². The van der Waals surface area contributed by atoms with Gasteiger partial charge in [-0.3, -0.25) is 0 Å². The lowest BCUT2D eigenvalue weighted by atomic mass is 9.98. The third-order valence-electron chi connectivity index (χ3n) is 6.89. The maximum atomic E-state index is 13.5. The second-order valence-corrected chi connectivity index (χ2v) is 9.84. The first kappa shape index (κ1) is 27.7. The average molecular weight is 538 g/mol. The van der Waals surface area contributed by atoms with E-state index in [1.807, 2.05) is 121 Å². The molecule has 6 nitrogen and oxygen atoms in total. The summed E-state index contributed by atoms with van der Waals surface area (Å²) < 4.78 is 26.3. The van der Waals surface area contributed by atoms with E-state index in [2.05, 4.69) is 0 Å². The Morgan fingerprint density at radius 1 is 0.525 bits per heavy atom. The summed E-state index contributed by atoms with van der Waals surface area (Å²) in [5, 5.41) is 13.5. The monoisotopic (exact) mass is 537 g/mol. The highest BCUT2D eigenvalue weighted by Gasteiger charge is 2.45. The molecule has 0 saturated heterocycles. The highest BCUT2D eigenvalue weighted by atomic mass is 16.6. The number of hydroxylamine groups is 1. The molecule has 1 aliphatic rings. The van der Waals surface area contributed by atoms with Gasteiger partial charge in [0.2, 0.25) is 5.71 Å². The zero-order chi connectivity index (χ0) is 27.4. The van der Waals surface area contributed by atoms with E-state index in [1.54, 1.807) is 0 Å². The van der Waals surface area contributed by atoms with Crippen LogP contribution in [0.2, 0.25) is 0 Å². The molecule has 5 rings (SSSR count). The molecule has 0 aliphatic carbocycles. The highest BCUT2D eigenvalue weighted by molar-refractivity contribution is 5.86. The average Bonchev–Trinajstić information content (AvgIpc) is 3.01. The summed E-state index contributed by atoms with van der Waals surface area (Å²) in [4.78, 5) is 0. The van der Waals surface area contributed by atoms with Gasteiger partial charge in [-0.2, -0.15) is 0 Å². The van der Waals surface area contributed by atoms with Gasteiger partial charge in [-0.15, -0.1) is 0 Å². The van der Waals surface area contributed by atoms with Crippen molar-refractivity contribution in [2.45, 2.75) is 44.7 Å². The van der Waals surface area contributed by atoms with Crippen LogP contribution in [0.5, 0.6) is 0 Å². The van der Waals surface area contributed by atoms with Crippen molar-refractivity contribution in [3.05, 3.63) is 149 Å². The summed E-state index contributed by atoms with van der Waals surface area (Å²) in [6.07, 6.45) is -1.65. The Labute approximate surface area is 236 Å².